The maximum atomic E-state index is 11.1. The second-order valence-electron chi connectivity index (χ2n) is 3.18. The minimum Gasteiger partial charge on any atom is -0.348 e. The Hall–Kier alpha value is -1.90. The molecule has 0 heterocycles. The van der Waals surface area contributed by atoms with E-state index < -0.39 is 0 Å². The number of ketones is 1. The molecule has 1 aromatic carbocycles. The van der Waals surface area contributed by atoms with Crippen LogP contribution in [-0.4, -0.2) is 11.7 Å². The van der Waals surface area contributed by atoms with Crippen LogP contribution in [0, 0.1) is 0 Å². The number of amides is 1. The normalized spacial score (nSPS) is 9.40. The van der Waals surface area contributed by atoms with Crippen molar-refractivity contribution in [3.8, 4) is 0 Å². The van der Waals surface area contributed by atoms with Crippen molar-refractivity contribution in [2.75, 3.05) is 0 Å². The molecule has 0 saturated carbocycles. The van der Waals surface area contributed by atoms with Gasteiger partial charge in [0, 0.05) is 12.1 Å². The third-order valence-electron chi connectivity index (χ3n) is 1.99. The summed E-state index contributed by atoms with van der Waals surface area (Å²) in [5, 5.41) is 2.65. The van der Waals surface area contributed by atoms with Crippen LogP contribution in [0.4, 0.5) is 0 Å². The zero-order valence-corrected chi connectivity index (χ0v) is 8.62. The Balaban J connectivity index is 2.69. The van der Waals surface area contributed by atoms with Crippen LogP contribution in [0.25, 0.3) is 0 Å². The summed E-state index contributed by atoms with van der Waals surface area (Å²) in [4.78, 5) is 22.0. The van der Waals surface area contributed by atoms with E-state index in [1.165, 1.54) is 13.0 Å². The monoisotopic (exact) mass is 203 g/mol. The molecule has 0 bridgehead atoms. The predicted octanol–water partition coefficient (Wildman–Crippen LogP) is 1.69. The topological polar surface area (TPSA) is 46.2 Å². The van der Waals surface area contributed by atoms with Crippen LogP contribution >= 0.6 is 0 Å². The molecule has 0 unspecified atom stereocenters. The van der Waals surface area contributed by atoms with Gasteiger partial charge in [0.2, 0.25) is 5.91 Å². The quantitative estimate of drug-likeness (QED) is 0.598. The van der Waals surface area contributed by atoms with Crippen molar-refractivity contribution >= 4 is 11.7 Å². The molecule has 15 heavy (non-hydrogen) atoms. The Bertz CT molecular complexity index is 396. The van der Waals surface area contributed by atoms with Crippen molar-refractivity contribution in [2.45, 2.75) is 13.5 Å². The minimum atomic E-state index is -0.219. The Labute approximate surface area is 88.8 Å². The van der Waals surface area contributed by atoms with Crippen molar-refractivity contribution in [3.63, 3.8) is 0 Å². The van der Waals surface area contributed by atoms with Crippen molar-refractivity contribution in [1.29, 1.82) is 0 Å². The zero-order chi connectivity index (χ0) is 11.3. The van der Waals surface area contributed by atoms with Gasteiger partial charge in [0.25, 0.3) is 0 Å². The Kier molecular flexibility index (Phi) is 3.80. The van der Waals surface area contributed by atoms with Crippen molar-refractivity contribution < 1.29 is 9.59 Å². The van der Waals surface area contributed by atoms with E-state index in [-0.39, 0.29) is 11.7 Å². The van der Waals surface area contributed by atoms with Gasteiger partial charge >= 0.3 is 0 Å². The first kappa shape index (κ1) is 11.2. The van der Waals surface area contributed by atoms with Gasteiger partial charge in [-0.05, 0) is 24.6 Å². The molecular weight excluding hydrogens is 190 g/mol. The molecule has 0 fully saturated rings. The average molecular weight is 203 g/mol. The van der Waals surface area contributed by atoms with E-state index >= 15 is 0 Å². The molecule has 0 saturated heterocycles. The van der Waals surface area contributed by atoms with E-state index in [4.69, 9.17) is 0 Å². The van der Waals surface area contributed by atoms with Crippen LogP contribution < -0.4 is 5.32 Å². The van der Waals surface area contributed by atoms with Gasteiger partial charge in [0.1, 0.15) is 0 Å². The molecular formula is C12H13NO2. The second-order valence-corrected chi connectivity index (χ2v) is 3.18. The van der Waals surface area contributed by atoms with E-state index in [1.54, 1.807) is 18.2 Å². The van der Waals surface area contributed by atoms with Gasteiger partial charge in [-0.1, -0.05) is 24.8 Å². The summed E-state index contributed by atoms with van der Waals surface area (Å²) >= 11 is 0. The summed E-state index contributed by atoms with van der Waals surface area (Å²) in [6.45, 7) is 5.28. The highest BCUT2D eigenvalue weighted by Gasteiger charge is 2.00. The van der Waals surface area contributed by atoms with Crippen molar-refractivity contribution in [2.24, 2.45) is 0 Å². The summed E-state index contributed by atoms with van der Waals surface area (Å²) < 4.78 is 0. The minimum absolute atomic E-state index is 0.0203. The average Bonchev–Trinajstić information content (AvgIpc) is 2.26. The molecule has 3 heteroatoms. The summed E-state index contributed by atoms with van der Waals surface area (Å²) in [6.07, 6.45) is 1.22. The number of carbonyl (C=O) groups excluding carboxylic acids is 2. The highest BCUT2D eigenvalue weighted by molar-refractivity contribution is 5.94. The first-order valence-electron chi connectivity index (χ1n) is 4.63. The standard InChI is InChI=1S/C12H13NO2/c1-3-12(15)13-8-10-5-4-6-11(7-10)9(2)14/h3-7H,1,8H2,2H3,(H,13,15). The van der Waals surface area contributed by atoms with Gasteiger partial charge < -0.3 is 5.32 Å². The van der Waals surface area contributed by atoms with Gasteiger partial charge in [0.15, 0.2) is 5.78 Å². The fourth-order valence-electron chi connectivity index (χ4n) is 1.16. The molecule has 78 valence electrons. The number of nitrogens with one attached hydrogen (secondary N) is 1. The largest absolute Gasteiger partial charge is 0.348 e. The van der Waals surface area contributed by atoms with E-state index in [0.29, 0.717) is 12.1 Å². The molecule has 0 atom stereocenters. The summed E-state index contributed by atoms with van der Waals surface area (Å²) in [5.74, 6) is -0.199. The first-order valence-corrected chi connectivity index (χ1v) is 4.63. The highest BCUT2D eigenvalue weighted by Crippen LogP contribution is 2.05. The van der Waals surface area contributed by atoms with E-state index in [2.05, 4.69) is 11.9 Å². The molecule has 1 aromatic rings. The Morgan fingerprint density at radius 2 is 2.20 bits per heavy atom. The Morgan fingerprint density at radius 3 is 2.80 bits per heavy atom. The maximum Gasteiger partial charge on any atom is 0.243 e. The molecule has 1 amide bonds. The second kappa shape index (κ2) is 5.10. The molecule has 0 aliphatic carbocycles. The fourth-order valence-corrected chi connectivity index (χ4v) is 1.16. The molecule has 0 spiro atoms. The third kappa shape index (κ3) is 3.38. The first-order chi connectivity index (χ1) is 7.13. The van der Waals surface area contributed by atoms with Gasteiger partial charge in [-0.25, -0.2) is 0 Å². The van der Waals surface area contributed by atoms with Crippen LogP contribution in [0.3, 0.4) is 0 Å². The van der Waals surface area contributed by atoms with Crippen molar-refractivity contribution in [1.82, 2.24) is 5.32 Å². The van der Waals surface area contributed by atoms with E-state index in [0.717, 1.165) is 5.56 Å². The number of carbonyl (C=O) groups is 2. The highest BCUT2D eigenvalue weighted by atomic mass is 16.1. The smallest absolute Gasteiger partial charge is 0.243 e. The summed E-state index contributed by atoms with van der Waals surface area (Å²) in [5.41, 5.74) is 1.55. The lowest BCUT2D eigenvalue weighted by Crippen LogP contribution is -2.20. The summed E-state index contributed by atoms with van der Waals surface area (Å²) in [7, 11) is 0. The lowest BCUT2D eigenvalue weighted by atomic mass is 10.1. The molecule has 0 aromatic heterocycles. The van der Waals surface area contributed by atoms with E-state index in [1.807, 2.05) is 6.07 Å². The van der Waals surface area contributed by atoms with Crippen molar-refractivity contribution in [3.05, 3.63) is 48.0 Å². The van der Waals surface area contributed by atoms with Crippen LogP contribution in [0.15, 0.2) is 36.9 Å². The summed E-state index contributed by atoms with van der Waals surface area (Å²) in [6, 6.07) is 7.18. The lowest BCUT2D eigenvalue weighted by Gasteiger charge is -2.03. The number of benzene rings is 1. The van der Waals surface area contributed by atoms with E-state index in [9.17, 15) is 9.59 Å². The van der Waals surface area contributed by atoms with Gasteiger partial charge in [-0.15, -0.1) is 0 Å². The molecule has 1 N–H and O–H groups in total. The van der Waals surface area contributed by atoms with Crippen LogP contribution in [0.2, 0.25) is 0 Å². The SMILES string of the molecule is C=CC(=O)NCc1cccc(C(C)=O)c1. The molecule has 1 rings (SSSR count). The van der Waals surface area contributed by atoms with Gasteiger partial charge in [0.05, 0.1) is 0 Å². The molecule has 0 aliphatic rings. The number of rotatable bonds is 4. The Morgan fingerprint density at radius 1 is 1.47 bits per heavy atom. The maximum absolute atomic E-state index is 11.1. The number of hydrogen-bond acceptors (Lipinski definition) is 2. The fraction of sp³-hybridized carbons (Fsp3) is 0.167. The van der Waals surface area contributed by atoms with Gasteiger partial charge in [-0.3, -0.25) is 9.59 Å². The van der Waals surface area contributed by atoms with Gasteiger partial charge in [-0.2, -0.15) is 0 Å². The molecule has 0 radical (unpaired) electrons. The lowest BCUT2D eigenvalue weighted by molar-refractivity contribution is -0.116. The van der Waals surface area contributed by atoms with Crippen LogP contribution in [0.5, 0.6) is 0 Å². The number of hydrogen-bond donors (Lipinski definition) is 1. The number of Topliss-reactive ketones (excluding diaryl/α,β-unsaturated/α-hetero) is 1. The molecule has 0 aliphatic heterocycles. The third-order valence-corrected chi connectivity index (χ3v) is 1.99. The van der Waals surface area contributed by atoms with Crippen LogP contribution in [0.1, 0.15) is 22.8 Å². The van der Waals surface area contributed by atoms with Crippen LogP contribution in [-0.2, 0) is 11.3 Å². The molecule has 3 nitrogen and oxygen atoms in total. The predicted molar refractivity (Wildman–Crippen MR) is 58.5 cm³/mol. The zero-order valence-electron chi connectivity index (χ0n) is 8.62.